The highest BCUT2D eigenvalue weighted by atomic mass is 79.9. The largest absolute Gasteiger partial charge is 0.493 e. The van der Waals surface area contributed by atoms with Crippen molar-refractivity contribution in [1.82, 2.24) is 4.90 Å². The van der Waals surface area contributed by atoms with E-state index in [-0.39, 0.29) is 11.4 Å². The number of carbonyl (C=O) groups excluding carboxylic acids is 3. The van der Waals surface area contributed by atoms with Crippen LogP contribution in [0.4, 0.5) is 10.5 Å². The van der Waals surface area contributed by atoms with Gasteiger partial charge in [-0.25, -0.2) is 0 Å². The molecule has 3 amide bonds. The summed E-state index contributed by atoms with van der Waals surface area (Å²) in [4.78, 5) is 38.2. The fourth-order valence-electron chi connectivity index (χ4n) is 2.61. The fourth-order valence-corrected chi connectivity index (χ4v) is 3.71. The van der Waals surface area contributed by atoms with Crippen LogP contribution in [-0.2, 0) is 9.59 Å². The lowest BCUT2D eigenvalue weighted by Crippen LogP contribution is -2.36. The van der Waals surface area contributed by atoms with Crippen LogP contribution in [0.15, 0.2) is 51.8 Å². The lowest BCUT2D eigenvalue weighted by Gasteiger charge is -2.12. The van der Waals surface area contributed by atoms with Crippen LogP contribution in [0.2, 0.25) is 0 Å². The monoisotopic (exact) mass is 476 g/mol. The molecule has 9 heteroatoms. The van der Waals surface area contributed by atoms with Crippen LogP contribution in [0.5, 0.6) is 11.5 Å². The Labute approximate surface area is 180 Å². The first-order valence-electron chi connectivity index (χ1n) is 8.44. The predicted molar refractivity (Wildman–Crippen MR) is 115 cm³/mol. The summed E-state index contributed by atoms with van der Waals surface area (Å²) >= 11 is 4.11. The van der Waals surface area contributed by atoms with E-state index in [0.717, 1.165) is 21.1 Å². The predicted octanol–water partition coefficient (Wildman–Crippen LogP) is 4.14. The van der Waals surface area contributed by atoms with Gasteiger partial charge in [-0.15, -0.1) is 0 Å². The highest BCUT2D eigenvalue weighted by molar-refractivity contribution is 9.10. The molecule has 2 aromatic carbocycles. The van der Waals surface area contributed by atoms with Gasteiger partial charge in [0.15, 0.2) is 11.5 Å². The minimum Gasteiger partial charge on any atom is -0.493 e. The molecule has 2 aromatic rings. The van der Waals surface area contributed by atoms with Crippen molar-refractivity contribution in [1.29, 1.82) is 0 Å². The number of ether oxygens (including phenoxy) is 2. The van der Waals surface area contributed by atoms with Gasteiger partial charge in [0.2, 0.25) is 5.91 Å². The third-order valence-electron chi connectivity index (χ3n) is 4.01. The van der Waals surface area contributed by atoms with E-state index in [9.17, 15) is 14.4 Å². The third kappa shape index (κ3) is 4.99. The number of thioether (sulfide) groups is 1. The third-order valence-corrected chi connectivity index (χ3v) is 5.44. The van der Waals surface area contributed by atoms with Gasteiger partial charge in [-0.3, -0.25) is 19.3 Å². The van der Waals surface area contributed by atoms with Crippen molar-refractivity contribution in [3.8, 4) is 11.5 Å². The van der Waals surface area contributed by atoms with Gasteiger partial charge in [-0.05, 0) is 59.8 Å². The molecular weight excluding hydrogens is 460 g/mol. The number of hydrogen-bond acceptors (Lipinski definition) is 6. The molecule has 29 heavy (non-hydrogen) atoms. The highest BCUT2D eigenvalue weighted by Gasteiger charge is 2.36. The summed E-state index contributed by atoms with van der Waals surface area (Å²) < 4.78 is 11.3. The molecule has 3 rings (SSSR count). The number of nitrogens with zero attached hydrogens (tertiary/aromatic N) is 1. The molecular formula is C20H17BrN2O5S. The Hall–Kier alpha value is -2.78. The molecule has 1 saturated heterocycles. The number of anilines is 1. The topological polar surface area (TPSA) is 84.9 Å². The molecule has 1 aliphatic heterocycles. The highest BCUT2D eigenvalue weighted by Crippen LogP contribution is 2.34. The smallest absolute Gasteiger partial charge is 0.294 e. The SMILES string of the molecule is COc1ccc(/C=C2/SC(=O)N(CC(=O)Nc3ccc(Br)cc3)C2=O)cc1OC. The summed E-state index contributed by atoms with van der Waals surface area (Å²) in [6.07, 6.45) is 1.58. The summed E-state index contributed by atoms with van der Waals surface area (Å²) in [5.74, 6) is 0.0967. The molecule has 0 saturated carbocycles. The van der Waals surface area contributed by atoms with Crippen LogP contribution in [-0.4, -0.2) is 42.7 Å². The Bertz CT molecular complexity index is 991. The molecule has 0 unspecified atom stereocenters. The average molecular weight is 477 g/mol. The number of nitrogens with one attached hydrogen (secondary N) is 1. The zero-order valence-electron chi connectivity index (χ0n) is 15.6. The maximum Gasteiger partial charge on any atom is 0.294 e. The summed E-state index contributed by atoms with van der Waals surface area (Å²) in [6, 6.07) is 12.1. The number of benzene rings is 2. The van der Waals surface area contributed by atoms with Crippen molar-refractivity contribution in [2.45, 2.75) is 0 Å². The maximum absolute atomic E-state index is 12.6. The summed E-state index contributed by atoms with van der Waals surface area (Å²) in [5, 5.41) is 2.17. The molecule has 0 aromatic heterocycles. The standard InChI is InChI=1S/C20H17BrN2O5S/c1-27-15-8-3-12(9-16(15)28-2)10-17-19(25)23(20(26)29-17)11-18(24)22-14-6-4-13(21)5-7-14/h3-10H,11H2,1-2H3,(H,22,24)/b17-10+. The van der Waals surface area contributed by atoms with E-state index in [1.165, 1.54) is 14.2 Å². The van der Waals surface area contributed by atoms with Gasteiger partial charge in [0.05, 0.1) is 19.1 Å². The minimum atomic E-state index is -0.513. The number of amides is 3. The first kappa shape index (κ1) is 20.9. The van der Waals surface area contributed by atoms with E-state index >= 15 is 0 Å². The van der Waals surface area contributed by atoms with E-state index in [1.807, 2.05) is 0 Å². The minimum absolute atomic E-state index is 0.235. The van der Waals surface area contributed by atoms with E-state index in [2.05, 4.69) is 21.2 Å². The Balaban J connectivity index is 1.71. The second-order valence-electron chi connectivity index (χ2n) is 5.94. The van der Waals surface area contributed by atoms with E-state index in [0.29, 0.717) is 22.7 Å². The van der Waals surface area contributed by atoms with E-state index in [4.69, 9.17) is 9.47 Å². The van der Waals surface area contributed by atoms with Crippen LogP contribution < -0.4 is 14.8 Å². The Morgan fingerprint density at radius 1 is 1.10 bits per heavy atom. The van der Waals surface area contributed by atoms with Crippen molar-refractivity contribution in [3.63, 3.8) is 0 Å². The molecule has 0 atom stereocenters. The van der Waals surface area contributed by atoms with Gasteiger partial charge in [-0.1, -0.05) is 22.0 Å². The Morgan fingerprint density at radius 3 is 2.45 bits per heavy atom. The molecule has 1 aliphatic rings. The Morgan fingerprint density at radius 2 is 1.79 bits per heavy atom. The molecule has 1 fully saturated rings. The number of carbonyl (C=O) groups is 3. The zero-order chi connectivity index (χ0) is 21.0. The van der Waals surface area contributed by atoms with Gasteiger partial charge in [0.1, 0.15) is 6.54 Å². The number of hydrogen-bond donors (Lipinski definition) is 1. The van der Waals surface area contributed by atoms with Gasteiger partial charge in [0, 0.05) is 10.2 Å². The zero-order valence-corrected chi connectivity index (χ0v) is 18.0. The number of rotatable bonds is 6. The lowest BCUT2D eigenvalue weighted by molar-refractivity contribution is -0.127. The summed E-state index contributed by atoms with van der Waals surface area (Å²) in [7, 11) is 3.04. The van der Waals surface area contributed by atoms with Crippen molar-refractivity contribution in [2.75, 3.05) is 26.1 Å². The number of halogens is 1. The second-order valence-corrected chi connectivity index (χ2v) is 7.85. The molecule has 1 N–H and O–H groups in total. The number of methoxy groups -OCH3 is 2. The Kier molecular flexibility index (Phi) is 6.60. The van der Waals surface area contributed by atoms with Crippen molar-refractivity contribution >= 4 is 56.5 Å². The van der Waals surface area contributed by atoms with Crippen LogP contribution in [0, 0.1) is 0 Å². The van der Waals surface area contributed by atoms with Crippen LogP contribution >= 0.6 is 27.7 Å². The van der Waals surface area contributed by atoms with Crippen molar-refractivity contribution in [2.24, 2.45) is 0 Å². The molecule has 0 aliphatic carbocycles. The van der Waals surface area contributed by atoms with Gasteiger partial charge in [-0.2, -0.15) is 0 Å². The normalized spacial score (nSPS) is 15.0. The molecule has 1 heterocycles. The summed E-state index contributed by atoms with van der Waals surface area (Å²) in [6.45, 7) is -0.357. The molecule has 0 radical (unpaired) electrons. The molecule has 7 nitrogen and oxygen atoms in total. The number of imide groups is 1. The second kappa shape index (κ2) is 9.15. The van der Waals surface area contributed by atoms with Crippen molar-refractivity contribution in [3.05, 3.63) is 57.4 Å². The first-order valence-corrected chi connectivity index (χ1v) is 10.0. The van der Waals surface area contributed by atoms with E-state index < -0.39 is 17.1 Å². The van der Waals surface area contributed by atoms with Gasteiger partial charge < -0.3 is 14.8 Å². The first-order chi connectivity index (χ1) is 13.9. The van der Waals surface area contributed by atoms with Crippen molar-refractivity contribution < 1.29 is 23.9 Å². The van der Waals surface area contributed by atoms with Crippen LogP contribution in [0.3, 0.4) is 0 Å². The maximum atomic E-state index is 12.6. The lowest BCUT2D eigenvalue weighted by atomic mass is 10.2. The van der Waals surface area contributed by atoms with Gasteiger partial charge >= 0.3 is 0 Å². The summed E-state index contributed by atoms with van der Waals surface area (Å²) in [5.41, 5.74) is 1.25. The molecule has 150 valence electrons. The van der Waals surface area contributed by atoms with E-state index in [1.54, 1.807) is 48.5 Å². The fraction of sp³-hybridized carbons (Fsp3) is 0.150. The van der Waals surface area contributed by atoms with Gasteiger partial charge in [0.25, 0.3) is 11.1 Å². The molecule has 0 spiro atoms. The van der Waals surface area contributed by atoms with Crippen LogP contribution in [0.25, 0.3) is 6.08 Å². The molecule has 0 bridgehead atoms. The quantitative estimate of drug-likeness (QED) is 0.630. The van der Waals surface area contributed by atoms with Crippen LogP contribution in [0.1, 0.15) is 5.56 Å². The average Bonchev–Trinajstić information content (AvgIpc) is 2.97.